The van der Waals surface area contributed by atoms with Gasteiger partial charge in [0.25, 0.3) is 0 Å². The molecule has 0 aromatic carbocycles. The molecule has 1 saturated carbocycles. The van der Waals surface area contributed by atoms with Gasteiger partial charge in [-0.2, -0.15) is 0 Å². The fourth-order valence-electron chi connectivity index (χ4n) is 2.31. The lowest BCUT2D eigenvalue weighted by atomic mass is 10.1. The number of allylic oxidation sites excluding steroid dienone is 2. The van der Waals surface area contributed by atoms with E-state index in [9.17, 15) is 0 Å². The molecule has 0 aliphatic heterocycles. The molecule has 1 rings (SSSR count). The second kappa shape index (κ2) is 4.45. The highest BCUT2D eigenvalue weighted by atomic mass is 28.3. The fourth-order valence-corrected chi connectivity index (χ4v) is 4.35. The van der Waals surface area contributed by atoms with Gasteiger partial charge < -0.3 is 0 Å². The number of rotatable bonds is 3. The van der Waals surface area contributed by atoms with Crippen LogP contribution in [-0.4, -0.2) is 8.07 Å². The largest absolute Gasteiger partial charge is 0.0885 e. The molecule has 0 amide bonds. The van der Waals surface area contributed by atoms with Crippen molar-refractivity contribution in [2.75, 3.05) is 0 Å². The van der Waals surface area contributed by atoms with Gasteiger partial charge in [0.15, 0.2) is 0 Å². The van der Waals surface area contributed by atoms with Crippen molar-refractivity contribution in [3.8, 4) is 0 Å². The van der Waals surface area contributed by atoms with Gasteiger partial charge in [-0.25, -0.2) is 0 Å². The minimum atomic E-state index is -0.839. The van der Waals surface area contributed by atoms with E-state index in [0.29, 0.717) is 0 Å². The summed E-state index contributed by atoms with van der Waals surface area (Å²) in [5.74, 6) is 0.914. The van der Waals surface area contributed by atoms with Crippen LogP contribution in [0.4, 0.5) is 0 Å². The molecular formula is C12H24Si. The first-order valence-electron chi connectivity index (χ1n) is 5.70. The van der Waals surface area contributed by atoms with E-state index in [1.807, 2.05) is 0 Å². The molecule has 2 atom stereocenters. The number of hydrogen-bond donors (Lipinski definition) is 0. The van der Waals surface area contributed by atoms with E-state index in [0.717, 1.165) is 11.5 Å². The number of hydrogen-bond acceptors (Lipinski definition) is 0. The zero-order chi connectivity index (χ0) is 9.90. The molecule has 1 aliphatic carbocycles. The van der Waals surface area contributed by atoms with Crippen LogP contribution in [0.1, 0.15) is 32.6 Å². The highest BCUT2D eigenvalue weighted by Crippen LogP contribution is 2.42. The summed E-state index contributed by atoms with van der Waals surface area (Å²) in [5.41, 5.74) is 1.08. The first-order chi connectivity index (χ1) is 6.04. The molecular weight excluding hydrogens is 172 g/mol. The normalized spacial score (nSPS) is 30.2. The first kappa shape index (κ1) is 11.0. The summed E-state index contributed by atoms with van der Waals surface area (Å²) in [6.45, 7) is 9.78. The lowest BCUT2D eigenvalue weighted by Crippen LogP contribution is -2.26. The van der Waals surface area contributed by atoms with Crippen LogP contribution >= 0.6 is 0 Å². The van der Waals surface area contributed by atoms with E-state index in [1.54, 1.807) is 0 Å². The Morgan fingerprint density at radius 3 is 2.38 bits per heavy atom. The summed E-state index contributed by atoms with van der Waals surface area (Å²) in [6, 6.07) is 0. The Kier molecular flexibility index (Phi) is 3.78. The molecule has 0 heterocycles. The summed E-state index contributed by atoms with van der Waals surface area (Å²) in [4.78, 5) is 0. The molecule has 0 spiro atoms. The predicted octanol–water partition coefficient (Wildman–Crippen LogP) is 4.46. The fraction of sp³-hybridized carbons (Fsp3) is 0.833. The molecule has 0 bridgehead atoms. The van der Waals surface area contributed by atoms with E-state index in [-0.39, 0.29) is 0 Å². The molecule has 0 radical (unpaired) electrons. The van der Waals surface area contributed by atoms with E-state index in [1.165, 1.54) is 25.7 Å². The molecule has 1 fully saturated rings. The van der Waals surface area contributed by atoms with Crippen molar-refractivity contribution in [2.45, 2.75) is 57.8 Å². The van der Waals surface area contributed by atoms with E-state index in [2.05, 4.69) is 38.7 Å². The Hall–Kier alpha value is -0.0431. The highest BCUT2D eigenvalue weighted by Gasteiger charge is 2.32. The van der Waals surface area contributed by atoms with Gasteiger partial charge in [0.05, 0.1) is 0 Å². The van der Waals surface area contributed by atoms with E-state index < -0.39 is 8.07 Å². The Labute approximate surface area is 84.4 Å². The van der Waals surface area contributed by atoms with Gasteiger partial charge in [-0.1, -0.05) is 45.1 Å². The summed E-state index contributed by atoms with van der Waals surface area (Å²) < 4.78 is 0. The van der Waals surface area contributed by atoms with Gasteiger partial charge in [0.2, 0.25) is 0 Å². The zero-order valence-corrected chi connectivity index (χ0v) is 10.6. The Bertz CT molecular complexity index is 176. The standard InChI is InChI=1S/C12H24Si/c1-5-6-7-11-8-9-12(10-11)13(2,3)4/h6-7,11-12H,5,8-10H2,1-4H3. The summed E-state index contributed by atoms with van der Waals surface area (Å²) in [7, 11) is -0.839. The Morgan fingerprint density at radius 1 is 1.23 bits per heavy atom. The van der Waals surface area contributed by atoms with Crippen LogP contribution in [0.25, 0.3) is 0 Å². The first-order valence-corrected chi connectivity index (χ1v) is 9.28. The van der Waals surface area contributed by atoms with E-state index >= 15 is 0 Å². The molecule has 76 valence electrons. The third-order valence-corrected chi connectivity index (χ3v) is 6.32. The lowest BCUT2D eigenvalue weighted by molar-refractivity contribution is 0.680. The van der Waals surface area contributed by atoms with Crippen molar-refractivity contribution in [2.24, 2.45) is 5.92 Å². The maximum Gasteiger partial charge on any atom is 0.0474 e. The topological polar surface area (TPSA) is 0 Å². The maximum absolute atomic E-state index is 2.52. The molecule has 1 heteroatoms. The Balaban J connectivity index is 2.41. The Morgan fingerprint density at radius 2 is 1.92 bits per heavy atom. The van der Waals surface area contributed by atoms with Crippen LogP contribution in [0.15, 0.2) is 12.2 Å². The third-order valence-electron chi connectivity index (χ3n) is 3.34. The summed E-state index contributed by atoms with van der Waals surface area (Å²) in [6.07, 6.45) is 10.4. The van der Waals surface area contributed by atoms with Gasteiger partial charge in [-0.05, 0) is 30.7 Å². The van der Waals surface area contributed by atoms with Crippen molar-refractivity contribution in [3.63, 3.8) is 0 Å². The predicted molar refractivity (Wildman–Crippen MR) is 63.9 cm³/mol. The molecule has 0 aromatic rings. The monoisotopic (exact) mass is 196 g/mol. The van der Waals surface area contributed by atoms with Crippen LogP contribution in [-0.2, 0) is 0 Å². The SMILES string of the molecule is CCC=CC1CCC([Si](C)(C)C)C1. The molecule has 1 aliphatic rings. The smallest absolute Gasteiger partial charge is 0.0474 e. The van der Waals surface area contributed by atoms with Gasteiger partial charge in [0.1, 0.15) is 0 Å². The van der Waals surface area contributed by atoms with Crippen molar-refractivity contribution < 1.29 is 0 Å². The van der Waals surface area contributed by atoms with E-state index in [4.69, 9.17) is 0 Å². The van der Waals surface area contributed by atoms with Crippen molar-refractivity contribution in [1.29, 1.82) is 0 Å². The quantitative estimate of drug-likeness (QED) is 0.462. The molecule has 0 nitrogen and oxygen atoms in total. The maximum atomic E-state index is 2.52. The van der Waals surface area contributed by atoms with Crippen LogP contribution in [0.3, 0.4) is 0 Å². The van der Waals surface area contributed by atoms with Gasteiger partial charge in [0, 0.05) is 8.07 Å². The molecule has 0 N–H and O–H groups in total. The summed E-state index contributed by atoms with van der Waals surface area (Å²) >= 11 is 0. The second-order valence-electron chi connectivity index (χ2n) is 5.47. The average molecular weight is 196 g/mol. The van der Waals surface area contributed by atoms with Crippen molar-refractivity contribution >= 4 is 8.07 Å². The second-order valence-corrected chi connectivity index (χ2v) is 11.0. The highest BCUT2D eigenvalue weighted by molar-refractivity contribution is 6.77. The van der Waals surface area contributed by atoms with Crippen LogP contribution in [0, 0.1) is 5.92 Å². The lowest BCUT2D eigenvalue weighted by Gasteiger charge is -2.24. The van der Waals surface area contributed by atoms with Gasteiger partial charge >= 0.3 is 0 Å². The van der Waals surface area contributed by atoms with Gasteiger partial charge in [-0.15, -0.1) is 0 Å². The molecule has 13 heavy (non-hydrogen) atoms. The van der Waals surface area contributed by atoms with Crippen LogP contribution in [0.5, 0.6) is 0 Å². The minimum Gasteiger partial charge on any atom is -0.0885 e. The average Bonchev–Trinajstić information content (AvgIpc) is 2.47. The van der Waals surface area contributed by atoms with Crippen molar-refractivity contribution in [1.82, 2.24) is 0 Å². The minimum absolute atomic E-state index is 0.839. The zero-order valence-electron chi connectivity index (χ0n) is 9.64. The third kappa shape index (κ3) is 3.30. The molecule has 2 unspecified atom stereocenters. The van der Waals surface area contributed by atoms with Crippen LogP contribution in [0.2, 0.25) is 25.2 Å². The van der Waals surface area contributed by atoms with Crippen LogP contribution < -0.4 is 0 Å². The molecule has 0 aromatic heterocycles. The molecule has 0 saturated heterocycles. The van der Waals surface area contributed by atoms with Crippen molar-refractivity contribution in [3.05, 3.63) is 12.2 Å². The summed E-state index contributed by atoms with van der Waals surface area (Å²) in [5, 5.41) is 0. The van der Waals surface area contributed by atoms with Gasteiger partial charge in [-0.3, -0.25) is 0 Å².